The third-order valence-electron chi connectivity index (χ3n) is 3.47. The molecule has 1 N–H and O–H groups in total. The molecule has 0 aliphatic heterocycles. The van der Waals surface area contributed by atoms with Crippen molar-refractivity contribution in [3.8, 4) is 0 Å². The molecule has 1 aliphatic rings. The lowest BCUT2D eigenvalue weighted by molar-refractivity contribution is 0.359. The summed E-state index contributed by atoms with van der Waals surface area (Å²) >= 11 is 2.06. The molecule has 0 aromatic carbocycles. The minimum absolute atomic E-state index is 0.603. The molecule has 0 amide bonds. The second-order valence-corrected chi connectivity index (χ2v) is 7.50. The molecular weight excluding hydrogens is 214 g/mol. The van der Waals surface area contributed by atoms with Gasteiger partial charge >= 0.3 is 0 Å². The summed E-state index contributed by atoms with van der Waals surface area (Å²) in [6.07, 6.45) is 7.73. The van der Waals surface area contributed by atoms with Crippen LogP contribution in [0.3, 0.4) is 0 Å². The number of hydrogen-bond donors (Lipinski definition) is 1. The first kappa shape index (κ1) is 14.4. The van der Waals surface area contributed by atoms with Crippen LogP contribution in [0, 0.1) is 11.8 Å². The van der Waals surface area contributed by atoms with Crippen molar-refractivity contribution in [2.75, 3.05) is 12.8 Å². The minimum atomic E-state index is 0.603. The van der Waals surface area contributed by atoms with Crippen LogP contribution in [0.1, 0.15) is 53.4 Å². The topological polar surface area (TPSA) is 12.0 Å². The van der Waals surface area contributed by atoms with Crippen LogP contribution < -0.4 is 5.32 Å². The minimum Gasteiger partial charge on any atom is -0.313 e. The van der Waals surface area contributed by atoms with Gasteiger partial charge in [0.05, 0.1) is 0 Å². The van der Waals surface area contributed by atoms with E-state index in [-0.39, 0.29) is 0 Å². The predicted octanol–water partition coefficient (Wildman–Crippen LogP) is 3.93. The van der Waals surface area contributed by atoms with Crippen molar-refractivity contribution in [3.63, 3.8) is 0 Å². The van der Waals surface area contributed by atoms with Gasteiger partial charge in [-0.25, -0.2) is 0 Å². The molecule has 0 aromatic heterocycles. The first-order valence-corrected chi connectivity index (χ1v) is 7.98. The third-order valence-corrected chi connectivity index (χ3v) is 4.88. The summed E-state index contributed by atoms with van der Waals surface area (Å²) in [6.45, 7) is 10.5. The van der Waals surface area contributed by atoms with Gasteiger partial charge in [-0.05, 0) is 43.8 Å². The van der Waals surface area contributed by atoms with E-state index in [2.05, 4.69) is 51.0 Å². The van der Waals surface area contributed by atoms with Crippen molar-refractivity contribution in [1.29, 1.82) is 0 Å². The quantitative estimate of drug-likeness (QED) is 0.693. The molecular formula is C14H29NS. The second-order valence-electron chi connectivity index (χ2n) is 6.22. The molecule has 1 saturated carbocycles. The van der Waals surface area contributed by atoms with Crippen LogP contribution in [0.25, 0.3) is 0 Å². The van der Waals surface area contributed by atoms with Crippen LogP contribution in [0.15, 0.2) is 0 Å². The van der Waals surface area contributed by atoms with Gasteiger partial charge in [0.15, 0.2) is 0 Å². The maximum atomic E-state index is 3.82. The van der Waals surface area contributed by atoms with Gasteiger partial charge < -0.3 is 5.32 Å². The smallest absolute Gasteiger partial charge is 0.0282 e. The number of nitrogens with one attached hydrogen (secondary N) is 1. The Balaban J connectivity index is 2.31. The highest BCUT2D eigenvalue weighted by molar-refractivity contribution is 8.00. The molecule has 0 unspecified atom stereocenters. The van der Waals surface area contributed by atoms with Crippen LogP contribution in [0.2, 0.25) is 0 Å². The normalized spacial score (nSPS) is 18.8. The van der Waals surface area contributed by atoms with Crippen LogP contribution in [-0.2, 0) is 0 Å². The summed E-state index contributed by atoms with van der Waals surface area (Å²) in [5.41, 5.74) is 0. The maximum Gasteiger partial charge on any atom is 0.0282 e. The summed E-state index contributed by atoms with van der Waals surface area (Å²) in [4.78, 5) is 0. The molecule has 16 heavy (non-hydrogen) atoms. The lowest BCUT2D eigenvalue weighted by Crippen LogP contribution is -2.37. The molecule has 0 radical (unpaired) electrons. The highest BCUT2D eigenvalue weighted by atomic mass is 32.2. The van der Waals surface area contributed by atoms with Crippen molar-refractivity contribution in [2.24, 2.45) is 11.8 Å². The Morgan fingerprint density at radius 3 is 1.88 bits per heavy atom. The zero-order chi connectivity index (χ0) is 12.2. The van der Waals surface area contributed by atoms with Crippen molar-refractivity contribution < 1.29 is 0 Å². The van der Waals surface area contributed by atoms with Crippen molar-refractivity contribution in [3.05, 3.63) is 0 Å². The monoisotopic (exact) mass is 243 g/mol. The standard InChI is InChI=1S/C14H29NS/c1-11(2)8-13(9-12(3)4)15-10-14(16-5)6-7-14/h11-13,15H,6-10H2,1-5H3. The SMILES string of the molecule is CSC1(CNC(CC(C)C)CC(C)C)CC1. The highest BCUT2D eigenvalue weighted by Crippen LogP contribution is 2.46. The second kappa shape index (κ2) is 6.30. The Morgan fingerprint density at radius 2 is 1.56 bits per heavy atom. The summed E-state index contributed by atoms with van der Waals surface area (Å²) in [5, 5.41) is 3.82. The zero-order valence-electron chi connectivity index (χ0n) is 11.7. The third kappa shape index (κ3) is 5.09. The van der Waals surface area contributed by atoms with E-state index >= 15 is 0 Å². The van der Waals surface area contributed by atoms with Gasteiger partial charge in [-0.1, -0.05) is 27.7 Å². The van der Waals surface area contributed by atoms with Gasteiger partial charge in [0.25, 0.3) is 0 Å². The van der Waals surface area contributed by atoms with E-state index in [1.807, 2.05) is 0 Å². The van der Waals surface area contributed by atoms with Gasteiger partial charge in [0.1, 0.15) is 0 Å². The Morgan fingerprint density at radius 1 is 1.06 bits per heavy atom. The summed E-state index contributed by atoms with van der Waals surface area (Å²) in [7, 11) is 0. The van der Waals surface area contributed by atoms with E-state index in [1.165, 1.54) is 32.2 Å². The fourth-order valence-electron chi connectivity index (χ4n) is 2.32. The van der Waals surface area contributed by atoms with E-state index < -0.39 is 0 Å². The molecule has 0 spiro atoms. The molecule has 1 aliphatic carbocycles. The molecule has 2 heteroatoms. The molecule has 1 fully saturated rings. The van der Waals surface area contributed by atoms with Crippen molar-refractivity contribution in [1.82, 2.24) is 5.32 Å². The van der Waals surface area contributed by atoms with Crippen molar-refractivity contribution >= 4 is 11.8 Å². The molecule has 0 aromatic rings. The Kier molecular flexibility index (Phi) is 5.66. The summed E-state index contributed by atoms with van der Waals surface area (Å²) < 4.78 is 0.603. The van der Waals surface area contributed by atoms with Crippen LogP contribution in [-0.4, -0.2) is 23.6 Å². The molecule has 96 valence electrons. The van der Waals surface area contributed by atoms with Crippen molar-refractivity contribution in [2.45, 2.75) is 64.2 Å². The zero-order valence-corrected chi connectivity index (χ0v) is 12.5. The Bertz CT molecular complexity index is 187. The lowest BCUT2D eigenvalue weighted by Gasteiger charge is -2.25. The lowest BCUT2D eigenvalue weighted by atomic mass is 9.95. The van der Waals surface area contributed by atoms with Gasteiger partial charge in [-0.2, -0.15) is 11.8 Å². The van der Waals surface area contributed by atoms with Gasteiger partial charge in [-0.15, -0.1) is 0 Å². The molecule has 0 heterocycles. The number of rotatable bonds is 8. The average Bonchev–Trinajstić information content (AvgIpc) is 2.93. The van der Waals surface area contributed by atoms with Gasteiger partial charge in [-0.3, -0.25) is 0 Å². The highest BCUT2D eigenvalue weighted by Gasteiger charge is 2.41. The number of hydrogen-bond acceptors (Lipinski definition) is 2. The first-order valence-electron chi connectivity index (χ1n) is 6.76. The van der Waals surface area contributed by atoms with E-state index in [1.54, 1.807) is 0 Å². The van der Waals surface area contributed by atoms with Crippen LogP contribution >= 0.6 is 11.8 Å². The average molecular weight is 243 g/mol. The fraction of sp³-hybridized carbons (Fsp3) is 1.00. The largest absolute Gasteiger partial charge is 0.313 e. The molecule has 1 rings (SSSR count). The van der Waals surface area contributed by atoms with Crippen LogP contribution in [0.5, 0.6) is 0 Å². The van der Waals surface area contributed by atoms with E-state index in [4.69, 9.17) is 0 Å². The molecule has 0 saturated heterocycles. The Labute approximate surface area is 106 Å². The van der Waals surface area contributed by atoms with Gasteiger partial charge in [0, 0.05) is 17.3 Å². The van der Waals surface area contributed by atoms with E-state index in [0.29, 0.717) is 4.75 Å². The maximum absolute atomic E-state index is 3.82. The predicted molar refractivity (Wildman–Crippen MR) is 76.2 cm³/mol. The number of thioether (sulfide) groups is 1. The molecule has 0 bridgehead atoms. The molecule has 0 atom stereocenters. The van der Waals surface area contributed by atoms with E-state index in [0.717, 1.165) is 17.9 Å². The fourth-order valence-corrected chi connectivity index (χ4v) is 3.06. The van der Waals surface area contributed by atoms with E-state index in [9.17, 15) is 0 Å². The first-order chi connectivity index (χ1) is 7.47. The molecule has 1 nitrogen and oxygen atoms in total. The summed E-state index contributed by atoms with van der Waals surface area (Å²) in [6, 6.07) is 0.727. The van der Waals surface area contributed by atoms with Crippen LogP contribution in [0.4, 0.5) is 0 Å². The summed E-state index contributed by atoms with van der Waals surface area (Å²) in [5.74, 6) is 1.61. The van der Waals surface area contributed by atoms with Gasteiger partial charge in [0.2, 0.25) is 0 Å². The Hall–Kier alpha value is 0.310.